The number of ether oxygens (including phenoxy) is 2. The first-order valence-corrected chi connectivity index (χ1v) is 6.90. The first-order valence-electron chi connectivity index (χ1n) is 5.27. The van der Waals surface area contributed by atoms with E-state index in [0.29, 0.717) is 0 Å². The van der Waals surface area contributed by atoms with E-state index < -0.39 is 0 Å². The highest BCUT2D eigenvalue weighted by molar-refractivity contribution is 7.16. The molecule has 0 saturated carbocycles. The van der Waals surface area contributed by atoms with Crippen LogP contribution in [-0.4, -0.2) is 14.2 Å². The van der Waals surface area contributed by atoms with Gasteiger partial charge in [-0.25, -0.2) is 0 Å². The monoisotopic (exact) mass is 302 g/mol. The smallest absolute Gasteiger partial charge is 0.124 e. The highest BCUT2D eigenvalue weighted by Gasteiger charge is 2.18. The van der Waals surface area contributed by atoms with Crippen molar-refractivity contribution in [1.82, 2.24) is 0 Å². The third kappa shape index (κ3) is 2.74. The molecule has 0 spiro atoms. The average Bonchev–Trinajstić information content (AvgIpc) is 2.83. The lowest BCUT2D eigenvalue weighted by Crippen LogP contribution is -1.97. The van der Waals surface area contributed by atoms with Crippen molar-refractivity contribution in [3.63, 3.8) is 0 Å². The molecule has 2 nitrogen and oxygen atoms in total. The van der Waals surface area contributed by atoms with Crippen LogP contribution >= 0.6 is 34.5 Å². The Labute approximate surface area is 120 Å². The van der Waals surface area contributed by atoms with E-state index in [9.17, 15) is 0 Å². The Bertz CT molecular complexity index is 540. The van der Waals surface area contributed by atoms with Crippen molar-refractivity contribution in [3.8, 4) is 11.5 Å². The van der Waals surface area contributed by atoms with Crippen LogP contribution in [0.2, 0.25) is 4.34 Å². The molecule has 0 fully saturated rings. The summed E-state index contributed by atoms with van der Waals surface area (Å²) in [5.74, 6) is 1.49. The summed E-state index contributed by atoms with van der Waals surface area (Å²) in [6.07, 6.45) is 0. The van der Waals surface area contributed by atoms with E-state index in [4.69, 9.17) is 32.7 Å². The predicted octanol–water partition coefficient (Wildman–Crippen LogP) is 4.75. The molecule has 0 amide bonds. The maximum Gasteiger partial charge on any atom is 0.124 e. The molecule has 96 valence electrons. The summed E-state index contributed by atoms with van der Waals surface area (Å²) >= 11 is 13.9. The van der Waals surface area contributed by atoms with Crippen LogP contribution in [0.3, 0.4) is 0 Å². The van der Waals surface area contributed by atoms with Gasteiger partial charge in [-0.2, -0.15) is 0 Å². The number of hydrogen-bond acceptors (Lipinski definition) is 3. The lowest BCUT2D eigenvalue weighted by atomic mass is 10.1. The van der Waals surface area contributed by atoms with Gasteiger partial charge in [-0.15, -0.1) is 22.9 Å². The number of alkyl halides is 1. The summed E-state index contributed by atoms with van der Waals surface area (Å²) in [5, 5.41) is -0.299. The van der Waals surface area contributed by atoms with E-state index >= 15 is 0 Å². The highest BCUT2D eigenvalue weighted by Crippen LogP contribution is 2.40. The number of thiophene rings is 1. The summed E-state index contributed by atoms with van der Waals surface area (Å²) in [6, 6.07) is 9.32. The molecule has 1 heterocycles. The average molecular weight is 303 g/mol. The van der Waals surface area contributed by atoms with Crippen LogP contribution in [0.25, 0.3) is 0 Å². The second-order valence-corrected chi connectivity index (χ2v) is 5.80. The standard InChI is InChI=1S/C13H12Cl2O2S/c1-16-8-3-4-10(17-2)9(7-8)13(15)11-5-6-12(14)18-11/h3-7,13H,1-2H3. The lowest BCUT2D eigenvalue weighted by Gasteiger charge is -2.14. The molecule has 0 saturated heterocycles. The molecule has 0 bridgehead atoms. The molecule has 0 aliphatic rings. The number of methoxy groups -OCH3 is 2. The molecular formula is C13H12Cl2O2S. The first-order chi connectivity index (χ1) is 8.65. The van der Waals surface area contributed by atoms with Crippen molar-refractivity contribution in [2.45, 2.75) is 5.38 Å². The maximum absolute atomic E-state index is 6.47. The summed E-state index contributed by atoms with van der Waals surface area (Å²) in [6.45, 7) is 0. The summed E-state index contributed by atoms with van der Waals surface area (Å²) in [5.41, 5.74) is 0.872. The van der Waals surface area contributed by atoms with Gasteiger partial charge >= 0.3 is 0 Å². The van der Waals surface area contributed by atoms with Gasteiger partial charge < -0.3 is 9.47 Å². The zero-order chi connectivity index (χ0) is 13.1. The molecule has 18 heavy (non-hydrogen) atoms. The second-order valence-electron chi connectivity index (χ2n) is 3.61. The third-order valence-corrected chi connectivity index (χ3v) is 4.45. The van der Waals surface area contributed by atoms with Gasteiger partial charge in [0.05, 0.1) is 23.9 Å². The minimum absolute atomic E-state index is 0.299. The van der Waals surface area contributed by atoms with Gasteiger partial charge in [0, 0.05) is 10.4 Å². The molecule has 0 radical (unpaired) electrons. The lowest BCUT2D eigenvalue weighted by molar-refractivity contribution is 0.399. The molecule has 0 N–H and O–H groups in total. The molecule has 2 rings (SSSR count). The van der Waals surface area contributed by atoms with Crippen LogP contribution in [0.1, 0.15) is 15.8 Å². The molecule has 0 aliphatic carbocycles. The Kier molecular flexibility index (Phi) is 4.38. The molecule has 0 aliphatic heterocycles. The third-order valence-electron chi connectivity index (χ3n) is 2.55. The Balaban J connectivity index is 2.41. The molecule has 5 heteroatoms. The molecule has 1 aromatic heterocycles. The van der Waals surface area contributed by atoms with Gasteiger partial charge in [0.15, 0.2) is 0 Å². The fourth-order valence-corrected chi connectivity index (χ4v) is 3.09. The fraction of sp³-hybridized carbons (Fsp3) is 0.231. The van der Waals surface area contributed by atoms with Crippen molar-refractivity contribution in [2.24, 2.45) is 0 Å². The Morgan fingerprint density at radius 2 is 1.89 bits per heavy atom. The van der Waals surface area contributed by atoms with Crippen LogP contribution in [0.5, 0.6) is 11.5 Å². The van der Waals surface area contributed by atoms with Crippen LogP contribution in [-0.2, 0) is 0 Å². The van der Waals surface area contributed by atoms with Gasteiger partial charge in [0.25, 0.3) is 0 Å². The van der Waals surface area contributed by atoms with Crippen molar-refractivity contribution in [3.05, 3.63) is 45.1 Å². The molecular weight excluding hydrogens is 291 g/mol. The summed E-state index contributed by atoms with van der Waals surface area (Å²) in [7, 11) is 3.24. The van der Waals surface area contributed by atoms with E-state index in [1.807, 2.05) is 30.3 Å². The van der Waals surface area contributed by atoms with Gasteiger partial charge in [0.1, 0.15) is 11.5 Å². The quantitative estimate of drug-likeness (QED) is 0.759. The van der Waals surface area contributed by atoms with Crippen LogP contribution in [0.15, 0.2) is 30.3 Å². The Morgan fingerprint density at radius 1 is 1.11 bits per heavy atom. The van der Waals surface area contributed by atoms with Gasteiger partial charge in [-0.3, -0.25) is 0 Å². The summed E-state index contributed by atoms with van der Waals surface area (Å²) < 4.78 is 11.3. The van der Waals surface area contributed by atoms with Crippen molar-refractivity contribution >= 4 is 34.5 Å². The van der Waals surface area contributed by atoms with E-state index in [-0.39, 0.29) is 5.38 Å². The Morgan fingerprint density at radius 3 is 2.44 bits per heavy atom. The van der Waals surface area contributed by atoms with E-state index in [2.05, 4.69) is 0 Å². The Hall–Kier alpha value is -0.900. The minimum Gasteiger partial charge on any atom is -0.497 e. The van der Waals surface area contributed by atoms with Crippen molar-refractivity contribution in [1.29, 1.82) is 0 Å². The fourth-order valence-electron chi connectivity index (χ4n) is 1.66. The number of halogens is 2. The number of benzene rings is 1. The van der Waals surface area contributed by atoms with E-state index in [0.717, 1.165) is 26.3 Å². The number of hydrogen-bond donors (Lipinski definition) is 0. The SMILES string of the molecule is COc1ccc(OC)c(C(Cl)c2ccc(Cl)s2)c1. The van der Waals surface area contributed by atoms with Crippen molar-refractivity contribution in [2.75, 3.05) is 14.2 Å². The minimum atomic E-state index is -0.299. The molecule has 1 atom stereocenters. The van der Waals surface area contributed by atoms with Crippen molar-refractivity contribution < 1.29 is 9.47 Å². The topological polar surface area (TPSA) is 18.5 Å². The largest absolute Gasteiger partial charge is 0.497 e. The van der Waals surface area contributed by atoms with Crippen LogP contribution < -0.4 is 9.47 Å². The molecule has 1 aromatic carbocycles. The van der Waals surface area contributed by atoms with Crippen LogP contribution in [0, 0.1) is 0 Å². The highest BCUT2D eigenvalue weighted by atomic mass is 35.5. The summed E-state index contributed by atoms with van der Waals surface area (Å²) in [4.78, 5) is 0.980. The van der Waals surface area contributed by atoms with E-state index in [1.165, 1.54) is 11.3 Å². The normalized spacial score (nSPS) is 12.2. The second kappa shape index (κ2) is 5.83. The number of rotatable bonds is 4. The van der Waals surface area contributed by atoms with Gasteiger partial charge in [-0.1, -0.05) is 11.6 Å². The predicted molar refractivity (Wildman–Crippen MR) is 76.6 cm³/mol. The van der Waals surface area contributed by atoms with E-state index in [1.54, 1.807) is 14.2 Å². The molecule has 1 unspecified atom stereocenters. The van der Waals surface area contributed by atoms with Gasteiger partial charge in [-0.05, 0) is 30.3 Å². The van der Waals surface area contributed by atoms with Gasteiger partial charge in [0.2, 0.25) is 0 Å². The van der Waals surface area contributed by atoms with Crippen LogP contribution in [0.4, 0.5) is 0 Å². The maximum atomic E-state index is 6.47. The zero-order valence-electron chi connectivity index (χ0n) is 9.94. The zero-order valence-corrected chi connectivity index (χ0v) is 12.3. The molecule has 2 aromatic rings. The first kappa shape index (κ1) is 13.5.